The van der Waals surface area contributed by atoms with E-state index in [1.807, 2.05) is 0 Å². The first-order valence-electron chi connectivity index (χ1n) is 5.55. The monoisotopic (exact) mass is 227 g/mol. The van der Waals surface area contributed by atoms with Crippen molar-refractivity contribution in [1.82, 2.24) is 16.0 Å². The molecule has 0 aromatic heterocycles. The summed E-state index contributed by atoms with van der Waals surface area (Å²) in [6.07, 6.45) is 1.83. The number of carbonyl (C=O) groups excluding carboxylic acids is 2. The number of hydrogen-bond donors (Lipinski definition) is 3. The van der Waals surface area contributed by atoms with Gasteiger partial charge in [-0.1, -0.05) is 0 Å². The van der Waals surface area contributed by atoms with E-state index < -0.39 is 11.6 Å². The summed E-state index contributed by atoms with van der Waals surface area (Å²) in [6.45, 7) is 1.69. The highest BCUT2D eigenvalue weighted by molar-refractivity contribution is 6.07. The molecule has 2 saturated heterocycles. The highest BCUT2D eigenvalue weighted by atomic mass is 16.5. The summed E-state index contributed by atoms with van der Waals surface area (Å²) >= 11 is 0. The number of nitrogens with one attached hydrogen (secondary N) is 3. The van der Waals surface area contributed by atoms with Crippen molar-refractivity contribution in [3.05, 3.63) is 0 Å². The van der Waals surface area contributed by atoms with Crippen LogP contribution >= 0.6 is 0 Å². The van der Waals surface area contributed by atoms with E-state index in [-0.39, 0.29) is 11.8 Å². The van der Waals surface area contributed by atoms with E-state index in [1.165, 1.54) is 0 Å². The Hall–Kier alpha value is -1.14. The molecule has 2 rings (SSSR count). The number of likely N-dealkylation sites (N-methyl/N-ethyl adjacent to an activating group) is 1. The van der Waals surface area contributed by atoms with Crippen LogP contribution in [0.2, 0.25) is 0 Å². The van der Waals surface area contributed by atoms with E-state index in [4.69, 9.17) is 4.74 Å². The van der Waals surface area contributed by atoms with Gasteiger partial charge in [0.15, 0.2) is 0 Å². The Labute approximate surface area is 94.1 Å². The van der Waals surface area contributed by atoms with Crippen molar-refractivity contribution in [2.75, 3.05) is 26.8 Å². The zero-order chi connectivity index (χ0) is 11.6. The third-order valence-corrected chi connectivity index (χ3v) is 3.28. The van der Waals surface area contributed by atoms with Gasteiger partial charge < -0.3 is 15.4 Å². The van der Waals surface area contributed by atoms with E-state index in [0.717, 1.165) is 19.4 Å². The largest absolute Gasteiger partial charge is 0.381 e. The molecule has 2 aliphatic heterocycles. The maximum atomic E-state index is 11.9. The molecule has 0 spiro atoms. The van der Waals surface area contributed by atoms with Crippen LogP contribution < -0.4 is 16.0 Å². The summed E-state index contributed by atoms with van der Waals surface area (Å²) in [7, 11) is 1.77. The quantitative estimate of drug-likeness (QED) is 0.552. The second kappa shape index (κ2) is 4.39. The molecule has 3 N–H and O–H groups in total. The van der Waals surface area contributed by atoms with E-state index in [9.17, 15) is 9.59 Å². The van der Waals surface area contributed by atoms with Crippen LogP contribution in [-0.2, 0) is 9.53 Å². The number of carbonyl (C=O) groups is 2. The van der Waals surface area contributed by atoms with E-state index >= 15 is 0 Å². The molecule has 6 nitrogen and oxygen atoms in total. The van der Waals surface area contributed by atoms with Crippen LogP contribution in [0.3, 0.4) is 0 Å². The van der Waals surface area contributed by atoms with Gasteiger partial charge in [-0.25, -0.2) is 4.79 Å². The Bertz CT molecular complexity index is 302. The van der Waals surface area contributed by atoms with E-state index in [0.29, 0.717) is 13.2 Å². The van der Waals surface area contributed by atoms with Crippen LogP contribution in [0.15, 0.2) is 0 Å². The maximum Gasteiger partial charge on any atom is 0.322 e. The Morgan fingerprint density at radius 2 is 2.38 bits per heavy atom. The number of ether oxygens (including phenoxy) is 1. The SMILES string of the molecule is CNCC1(C2CCCOC2)NC(=O)NC1=O. The first-order chi connectivity index (χ1) is 7.69. The zero-order valence-corrected chi connectivity index (χ0v) is 9.34. The summed E-state index contributed by atoms with van der Waals surface area (Å²) in [5, 5.41) is 8.02. The first-order valence-corrected chi connectivity index (χ1v) is 5.55. The van der Waals surface area contributed by atoms with Gasteiger partial charge in [-0.3, -0.25) is 10.1 Å². The molecule has 2 atom stereocenters. The first kappa shape index (κ1) is 11.3. The van der Waals surface area contributed by atoms with Gasteiger partial charge in [0.05, 0.1) is 6.61 Å². The molecule has 0 aliphatic carbocycles. The molecule has 3 amide bonds. The summed E-state index contributed by atoms with van der Waals surface area (Å²) in [5.74, 6) is -0.206. The van der Waals surface area contributed by atoms with Crippen molar-refractivity contribution in [3.63, 3.8) is 0 Å². The Balaban J connectivity index is 2.20. The minimum absolute atomic E-state index is 0.0418. The molecule has 0 radical (unpaired) electrons. The van der Waals surface area contributed by atoms with E-state index in [2.05, 4.69) is 16.0 Å². The molecular weight excluding hydrogens is 210 g/mol. The van der Waals surface area contributed by atoms with Crippen LogP contribution in [0.25, 0.3) is 0 Å². The van der Waals surface area contributed by atoms with Crippen LogP contribution in [0, 0.1) is 5.92 Å². The fourth-order valence-corrected chi connectivity index (χ4v) is 2.47. The van der Waals surface area contributed by atoms with Gasteiger partial charge in [-0.2, -0.15) is 0 Å². The highest BCUT2D eigenvalue weighted by Crippen LogP contribution is 2.28. The van der Waals surface area contributed by atoms with Gasteiger partial charge in [0, 0.05) is 19.1 Å². The molecule has 0 bridgehead atoms. The molecule has 90 valence electrons. The fraction of sp³-hybridized carbons (Fsp3) is 0.800. The lowest BCUT2D eigenvalue weighted by molar-refractivity contribution is -0.128. The van der Waals surface area contributed by atoms with Gasteiger partial charge in [-0.05, 0) is 19.9 Å². The molecule has 0 aromatic carbocycles. The van der Waals surface area contributed by atoms with Crippen molar-refractivity contribution in [1.29, 1.82) is 0 Å². The molecule has 2 aliphatic rings. The molecule has 0 saturated carbocycles. The van der Waals surface area contributed by atoms with Crippen molar-refractivity contribution in [3.8, 4) is 0 Å². The minimum Gasteiger partial charge on any atom is -0.381 e. The Morgan fingerprint density at radius 1 is 1.56 bits per heavy atom. The smallest absolute Gasteiger partial charge is 0.322 e. The van der Waals surface area contributed by atoms with Crippen molar-refractivity contribution < 1.29 is 14.3 Å². The molecular formula is C10H17N3O3. The van der Waals surface area contributed by atoms with Crippen molar-refractivity contribution in [2.24, 2.45) is 5.92 Å². The number of urea groups is 1. The van der Waals surface area contributed by atoms with Crippen LogP contribution in [-0.4, -0.2) is 44.3 Å². The standard InChI is InChI=1S/C10H17N3O3/c1-11-6-10(7-3-2-4-16-5-7)8(14)12-9(15)13-10/h7,11H,2-6H2,1H3,(H2,12,13,14,15). The van der Waals surface area contributed by atoms with Gasteiger partial charge in [0.25, 0.3) is 5.91 Å². The molecule has 2 unspecified atom stereocenters. The maximum absolute atomic E-state index is 11.9. The lowest BCUT2D eigenvalue weighted by Gasteiger charge is -2.36. The summed E-state index contributed by atoms with van der Waals surface area (Å²) < 4.78 is 5.39. The lowest BCUT2D eigenvalue weighted by atomic mass is 9.80. The fourth-order valence-electron chi connectivity index (χ4n) is 2.47. The topological polar surface area (TPSA) is 79.5 Å². The number of rotatable bonds is 3. The Kier molecular flexibility index (Phi) is 3.11. The number of amides is 3. The predicted molar refractivity (Wildman–Crippen MR) is 56.9 cm³/mol. The average molecular weight is 227 g/mol. The van der Waals surface area contributed by atoms with Crippen LogP contribution in [0.4, 0.5) is 4.79 Å². The molecule has 16 heavy (non-hydrogen) atoms. The van der Waals surface area contributed by atoms with Gasteiger partial charge in [-0.15, -0.1) is 0 Å². The second-order valence-electron chi connectivity index (χ2n) is 4.32. The third kappa shape index (κ3) is 1.78. The second-order valence-corrected chi connectivity index (χ2v) is 4.32. The summed E-state index contributed by atoms with van der Waals surface area (Å²) in [5.41, 5.74) is -0.841. The lowest BCUT2D eigenvalue weighted by Crippen LogP contribution is -2.60. The third-order valence-electron chi connectivity index (χ3n) is 3.28. The summed E-state index contributed by atoms with van der Waals surface area (Å²) in [6, 6.07) is -0.411. The van der Waals surface area contributed by atoms with Gasteiger partial charge >= 0.3 is 6.03 Å². The van der Waals surface area contributed by atoms with Crippen molar-refractivity contribution >= 4 is 11.9 Å². The van der Waals surface area contributed by atoms with Crippen LogP contribution in [0.5, 0.6) is 0 Å². The molecule has 2 fully saturated rings. The molecule has 2 heterocycles. The number of hydrogen-bond acceptors (Lipinski definition) is 4. The zero-order valence-electron chi connectivity index (χ0n) is 9.34. The Morgan fingerprint density at radius 3 is 2.88 bits per heavy atom. The van der Waals surface area contributed by atoms with Gasteiger partial charge in [0.2, 0.25) is 0 Å². The minimum atomic E-state index is -0.841. The van der Waals surface area contributed by atoms with E-state index in [1.54, 1.807) is 7.05 Å². The molecule has 0 aromatic rings. The predicted octanol–water partition coefficient (Wildman–Crippen LogP) is -0.789. The van der Waals surface area contributed by atoms with Crippen LogP contribution in [0.1, 0.15) is 12.8 Å². The van der Waals surface area contributed by atoms with Crippen molar-refractivity contribution in [2.45, 2.75) is 18.4 Å². The van der Waals surface area contributed by atoms with Gasteiger partial charge in [0.1, 0.15) is 5.54 Å². The number of imide groups is 1. The average Bonchev–Trinajstić information content (AvgIpc) is 2.57. The summed E-state index contributed by atoms with van der Waals surface area (Å²) in [4.78, 5) is 23.2. The highest BCUT2D eigenvalue weighted by Gasteiger charge is 2.51. The molecule has 6 heteroatoms. The normalized spacial score (nSPS) is 34.7.